The van der Waals surface area contributed by atoms with Gasteiger partial charge in [0.1, 0.15) is 16.8 Å². The molecule has 0 radical (unpaired) electrons. The Hall–Kier alpha value is -0.910. The number of rotatable bonds is 3. The van der Waals surface area contributed by atoms with E-state index in [4.69, 9.17) is 16.7 Å². The van der Waals surface area contributed by atoms with Gasteiger partial charge in [-0.05, 0) is 19.9 Å². The van der Waals surface area contributed by atoms with Crippen LogP contribution in [-0.2, 0) is 0 Å². The molecule has 2 rings (SSSR count). The summed E-state index contributed by atoms with van der Waals surface area (Å²) in [7, 11) is 0. The number of hydrogen-bond donors (Lipinski definition) is 1. The van der Waals surface area contributed by atoms with Crippen LogP contribution in [0, 0.1) is 6.92 Å². The second-order valence-corrected chi connectivity index (χ2v) is 4.89. The van der Waals surface area contributed by atoms with E-state index in [1.54, 1.807) is 0 Å². The van der Waals surface area contributed by atoms with Crippen LogP contribution >= 0.6 is 11.6 Å². The first kappa shape index (κ1) is 13.5. The number of nitrogens with zero attached hydrogens (tertiary/aromatic N) is 4. The summed E-state index contributed by atoms with van der Waals surface area (Å²) in [5.41, 5.74) is 0. The third kappa shape index (κ3) is 3.54. The van der Waals surface area contributed by atoms with Crippen LogP contribution in [0.15, 0.2) is 6.07 Å². The lowest BCUT2D eigenvalue weighted by Gasteiger charge is -2.22. The van der Waals surface area contributed by atoms with Gasteiger partial charge in [-0.15, -0.1) is 0 Å². The summed E-state index contributed by atoms with van der Waals surface area (Å²) in [5, 5.41) is 9.47. The molecule has 6 heteroatoms. The van der Waals surface area contributed by atoms with Crippen molar-refractivity contribution in [1.29, 1.82) is 0 Å². The fraction of sp³-hybridized carbons (Fsp3) is 0.667. The zero-order valence-corrected chi connectivity index (χ0v) is 11.4. The Kier molecular flexibility index (Phi) is 4.74. The van der Waals surface area contributed by atoms with Crippen LogP contribution in [0.25, 0.3) is 0 Å². The molecule has 0 aromatic carbocycles. The van der Waals surface area contributed by atoms with Crippen LogP contribution in [0.2, 0.25) is 5.15 Å². The molecule has 100 valence electrons. The second-order valence-electron chi connectivity index (χ2n) is 4.50. The highest BCUT2D eigenvalue weighted by Gasteiger charge is 2.16. The van der Waals surface area contributed by atoms with E-state index in [0.717, 1.165) is 45.0 Å². The summed E-state index contributed by atoms with van der Waals surface area (Å²) in [6.45, 7) is 6.67. The highest BCUT2D eigenvalue weighted by Crippen LogP contribution is 2.17. The molecule has 0 unspecified atom stereocenters. The van der Waals surface area contributed by atoms with Crippen LogP contribution < -0.4 is 4.90 Å². The Morgan fingerprint density at radius 3 is 2.83 bits per heavy atom. The Bertz CT molecular complexity index is 381. The van der Waals surface area contributed by atoms with Crippen molar-refractivity contribution in [2.24, 2.45) is 0 Å². The van der Waals surface area contributed by atoms with Gasteiger partial charge in [-0.1, -0.05) is 11.6 Å². The molecule has 0 saturated carbocycles. The normalized spacial score (nSPS) is 17.8. The molecule has 1 aliphatic heterocycles. The zero-order chi connectivity index (χ0) is 13.0. The largest absolute Gasteiger partial charge is 0.395 e. The van der Waals surface area contributed by atoms with Crippen molar-refractivity contribution >= 4 is 17.4 Å². The lowest BCUT2D eigenvalue weighted by atomic mass is 10.3. The first-order valence-corrected chi connectivity index (χ1v) is 6.66. The van der Waals surface area contributed by atoms with Gasteiger partial charge >= 0.3 is 0 Å². The van der Waals surface area contributed by atoms with Crippen molar-refractivity contribution in [2.75, 3.05) is 44.2 Å². The van der Waals surface area contributed by atoms with E-state index in [0.29, 0.717) is 11.0 Å². The number of anilines is 1. The van der Waals surface area contributed by atoms with Gasteiger partial charge in [0.25, 0.3) is 0 Å². The predicted molar refractivity (Wildman–Crippen MR) is 72.1 cm³/mol. The van der Waals surface area contributed by atoms with E-state index in [9.17, 15) is 0 Å². The first-order chi connectivity index (χ1) is 8.69. The maximum Gasteiger partial charge on any atom is 0.134 e. The number of β-amino-alcohol motifs (C(OH)–C–C–N with tert-alkyl or cyclic N) is 1. The minimum Gasteiger partial charge on any atom is -0.395 e. The lowest BCUT2D eigenvalue weighted by molar-refractivity contribution is 0.204. The Morgan fingerprint density at radius 1 is 1.28 bits per heavy atom. The lowest BCUT2D eigenvalue weighted by Crippen LogP contribution is -2.32. The fourth-order valence-electron chi connectivity index (χ4n) is 2.24. The van der Waals surface area contributed by atoms with Gasteiger partial charge in [-0.2, -0.15) is 0 Å². The molecule has 5 nitrogen and oxygen atoms in total. The van der Waals surface area contributed by atoms with Crippen LogP contribution in [0.3, 0.4) is 0 Å². The molecule has 1 fully saturated rings. The van der Waals surface area contributed by atoms with Gasteiger partial charge in [0.15, 0.2) is 0 Å². The predicted octanol–water partition coefficient (Wildman–Crippen LogP) is 0.943. The quantitative estimate of drug-likeness (QED) is 0.829. The van der Waals surface area contributed by atoms with Gasteiger partial charge in [-0.3, -0.25) is 4.90 Å². The third-order valence-corrected chi connectivity index (χ3v) is 3.32. The van der Waals surface area contributed by atoms with Crippen LogP contribution in [0.4, 0.5) is 5.82 Å². The summed E-state index contributed by atoms with van der Waals surface area (Å²) in [6.07, 6.45) is 1.07. The Labute approximate surface area is 112 Å². The molecule has 0 spiro atoms. The summed E-state index contributed by atoms with van der Waals surface area (Å²) in [6, 6.07) is 1.82. The molecule has 2 heterocycles. The van der Waals surface area contributed by atoms with Crippen molar-refractivity contribution in [3.8, 4) is 0 Å². The summed E-state index contributed by atoms with van der Waals surface area (Å²) >= 11 is 5.97. The van der Waals surface area contributed by atoms with Crippen molar-refractivity contribution in [1.82, 2.24) is 14.9 Å². The monoisotopic (exact) mass is 270 g/mol. The summed E-state index contributed by atoms with van der Waals surface area (Å²) in [5.74, 6) is 1.60. The van der Waals surface area contributed by atoms with Crippen LogP contribution in [-0.4, -0.2) is 59.3 Å². The highest BCUT2D eigenvalue weighted by molar-refractivity contribution is 6.29. The standard InChI is InChI=1S/C12H19ClN4O/c1-10-14-11(13)9-12(15-10)17-4-2-3-16(5-6-17)7-8-18/h9,18H,2-8H2,1H3. The van der Waals surface area contributed by atoms with Crippen LogP contribution in [0.5, 0.6) is 0 Å². The molecule has 0 bridgehead atoms. The molecular weight excluding hydrogens is 252 g/mol. The molecule has 1 N–H and O–H groups in total. The van der Waals surface area contributed by atoms with Gasteiger partial charge in [0.05, 0.1) is 6.61 Å². The van der Waals surface area contributed by atoms with E-state index in [2.05, 4.69) is 19.8 Å². The average Bonchev–Trinajstić information content (AvgIpc) is 2.54. The van der Waals surface area contributed by atoms with Gasteiger partial charge in [0, 0.05) is 32.2 Å². The fourth-order valence-corrected chi connectivity index (χ4v) is 2.46. The van der Waals surface area contributed by atoms with Crippen molar-refractivity contribution in [3.63, 3.8) is 0 Å². The van der Waals surface area contributed by atoms with E-state index in [1.807, 2.05) is 13.0 Å². The summed E-state index contributed by atoms with van der Waals surface area (Å²) < 4.78 is 0. The van der Waals surface area contributed by atoms with E-state index < -0.39 is 0 Å². The molecule has 0 amide bonds. The van der Waals surface area contributed by atoms with E-state index >= 15 is 0 Å². The summed E-state index contributed by atoms with van der Waals surface area (Å²) in [4.78, 5) is 13.0. The SMILES string of the molecule is Cc1nc(Cl)cc(N2CCCN(CCO)CC2)n1. The highest BCUT2D eigenvalue weighted by atomic mass is 35.5. The molecule has 1 saturated heterocycles. The van der Waals surface area contributed by atoms with E-state index in [-0.39, 0.29) is 6.61 Å². The second kappa shape index (κ2) is 6.31. The molecule has 18 heavy (non-hydrogen) atoms. The third-order valence-electron chi connectivity index (χ3n) is 3.12. The molecule has 0 aliphatic carbocycles. The maximum absolute atomic E-state index is 8.97. The van der Waals surface area contributed by atoms with Crippen LogP contribution in [0.1, 0.15) is 12.2 Å². The molecule has 0 atom stereocenters. The van der Waals surface area contributed by atoms with Gasteiger partial charge in [-0.25, -0.2) is 9.97 Å². The number of aliphatic hydroxyl groups is 1. The van der Waals surface area contributed by atoms with E-state index in [1.165, 1.54) is 0 Å². The zero-order valence-electron chi connectivity index (χ0n) is 10.6. The molecule has 1 aromatic rings. The number of hydrogen-bond acceptors (Lipinski definition) is 5. The smallest absolute Gasteiger partial charge is 0.134 e. The first-order valence-electron chi connectivity index (χ1n) is 6.28. The van der Waals surface area contributed by atoms with Crippen molar-refractivity contribution in [3.05, 3.63) is 17.0 Å². The minimum atomic E-state index is 0.221. The Morgan fingerprint density at radius 2 is 2.11 bits per heavy atom. The average molecular weight is 271 g/mol. The number of halogens is 1. The Balaban J connectivity index is 2.05. The minimum absolute atomic E-state index is 0.221. The number of aryl methyl sites for hydroxylation is 1. The molecule has 1 aromatic heterocycles. The van der Waals surface area contributed by atoms with Crippen molar-refractivity contribution in [2.45, 2.75) is 13.3 Å². The maximum atomic E-state index is 8.97. The molecule has 1 aliphatic rings. The molecular formula is C12H19ClN4O. The number of aromatic nitrogens is 2. The van der Waals surface area contributed by atoms with Gasteiger partial charge < -0.3 is 10.0 Å². The van der Waals surface area contributed by atoms with Crippen molar-refractivity contribution < 1.29 is 5.11 Å². The topological polar surface area (TPSA) is 52.5 Å². The number of aliphatic hydroxyl groups excluding tert-OH is 1. The van der Waals surface area contributed by atoms with Gasteiger partial charge in [0.2, 0.25) is 0 Å².